The Labute approximate surface area is 133 Å². The first kappa shape index (κ1) is 16.0. The second-order valence-corrected chi connectivity index (χ2v) is 5.95. The first-order valence-corrected chi connectivity index (χ1v) is 8.12. The van der Waals surface area contributed by atoms with Gasteiger partial charge in [-0.1, -0.05) is 28.1 Å². The van der Waals surface area contributed by atoms with Crippen molar-refractivity contribution in [3.63, 3.8) is 0 Å². The molecule has 0 spiro atoms. The summed E-state index contributed by atoms with van der Waals surface area (Å²) in [6, 6.07) is 5.43. The second kappa shape index (κ2) is 8.17. The minimum atomic E-state index is -0.175. The molecule has 0 unspecified atom stereocenters. The smallest absolute Gasteiger partial charge is 0.191 e. The maximum absolute atomic E-state index is 13.7. The van der Waals surface area contributed by atoms with Crippen LogP contribution in [0.5, 0.6) is 0 Å². The summed E-state index contributed by atoms with van der Waals surface area (Å²) in [7, 11) is 0. The van der Waals surface area contributed by atoms with Crippen LogP contribution in [0.3, 0.4) is 0 Å². The number of hydrogen-bond donors (Lipinski definition) is 2. The molecule has 0 fully saturated rings. The molecule has 0 bridgehead atoms. The average molecular weight is 354 g/mol. The van der Waals surface area contributed by atoms with Crippen LogP contribution >= 0.6 is 15.9 Å². The largest absolute Gasteiger partial charge is 0.357 e. The molecule has 3 nitrogen and oxygen atoms in total. The lowest BCUT2D eigenvalue weighted by atomic mass is 10.1. The molecule has 0 atom stereocenters. The maximum atomic E-state index is 13.7. The van der Waals surface area contributed by atoms with Crippen molar-refractivity contribution in [3.05, 3.63) is 46.2 Å². The monoisotopic (exact) mass is 353 g/mol. The Bertz CT molecular complexity index is 520. The third-order valence-electron chi connectivity index (χ3n) is 3.35. The van der Waals surface area contributed by atoms with Gasteiger partial charge in [0.2, 0.25) is 0 Å². The first-order chi connectivity index (χ1) is 10.2. The molecule has 5 heteroatoms. The summed E-state index contributed by atoms with van der Waals surface area (Å²) in [5.41, 5.74) is 0.687. The second-order valence-electron chi connectivity index (χ2n) is 5.03. The third-order valence-corrected chi connectivity index (χ3v) is 3.85. The lowest BCUT2D eigenvalue weighted by molar-refractivity contribution is 0.607. The fourth-order valence-electron chi connectivity index (χ4n) is 2.27. The molecule has 0 amide bonds. The van der Waals surface area contributed by atoms with Gasteiger partial charge >= 0.3 is 0 Å². The van der Waals surface area contributed by atoms with Crippen LogP contribution in [0.1, 0.15) is 25.3 Å². The molecule has 1 aromatic rings. The summed E-state index contributed by atoms with van der Waals surface area (Å²) in [5, 5.41) is 6.63. The number of rotatable bonds is 5. The van der Waals surface area contributed by atoms with Crippen LogP contribution in [0.15, 0.2) is 39.8 Å². The highest BCUT2D eigenvalue weighted by Gasteiger charge is 2.11. The lowest BCUT2D eigenvalue weighted by Gasteiger charge is -2.16. The summed E-state index contributed by atoms with van der Waals surface area (Å²) in [5.74, 6) is 0.632. The fourth-order valence-corrected chi connectivity index (χ4v) is 2.68. The SMILES string of the molecule is CCNC(=NCCc1cc(Br)ccc1F)NC1CC=CC1. The number of nitrogens with one attached hydrogen (secondary N) is 2. The van der Waals surface area contributed by atoms with E-state index in [1.807, 2.05) is 13.0 Å². The summed E-state index contributed by atoms with van der Waals surface area (Å²) < 4.78 is 14.6. The minimum Gasteiger partial charge on any atom is -0.357 e. The van der Waals surface area contributed by atoms with E-state index in [-0.39, 0.29) is 5.82 Å². The molecule has 0 aliphatic heterocycles. The van der Waals surface area contributed by atoms with Crippen molar-refractivity contribution < 1.29 is 4.39 Å². The molecule has 114 valence electrons. The highest BCUT2D eigenvalue weighted by molar-refractivity contribution is 9.10. The molecular formula is C16H21BrFN3. The third kappa shape index (κ3) is 5.16. The number of hydrogen-bond acceptors (Lipinski definition) is 1. The van der Waals surface area contributed by atoms with Gasteiger partial charge in [-0.15, -0.1) is 0 Å². The standard InChI is InChI=1S/C16H21BrFN3/c1-2-19-16(21-14-5-3-4-6-14)20-10-9-12-11-13(17)7-8-15(12)18/h3-4,7-8,11,14H,2,5-6,9-10H2,1H3,(H2,19,20,21). The normalized spacial score (nSPS) is 15.5. The van der Waals surface area contributed by atoms with Gasteiger partial charge in [-0.3, -0.25) is 4.99 Å². The first-order valence-electron chi connectivity index (χ1n) is 7.33. The van der Waals surface area contributed by atoms with E-state index >= 15 is 0 Å². The Balaban J connectivity index is 1.90. The topological polar surface area (TPSA) is 36.4 Å². The van der Waals surface area contributed by atoms with Gasteiger partial charge in [-0.25, -0.2) is 4.39 Å². The Morgan fingerprint density at radius 2 is 2.14 bits per heavy atom. The lowest BCUT2D eigenvalue weighted by Crippen LogP contribution is -2.42. The van der Waals surface area contributed by atoms with Crippen LogP contribution in [-0.2, 0) is 6.42 Å². The van der Waals surface area contributed by atoms with Crippen LogP contribution in [0.2, 0.25) is 0 Å². The van der Waals surface area contributed by atoms with Gasteiger partial charge < -0.3 is 10.6 Å². The van der Waals surface area contributed by atoms with E-state index in [1.54, 1.807) is 6.07 Å². The van der Waals surface area contributed by atoms with Gasteiger partial charge in [0.05, 0.1) is 0 Å². The highest BCUT2D eigenvalue weighted by atomic mass is 79.9. The number of benzene rings is 1. The van der Waals surface area contributed by atoms with Crippen LogP contribution in [0, 0.1) is 5.82 Å². The van der Waals surface area contributed by atoms with Gasteiger partial charge in [0.25, 0.3) is 0 Å². The van der Waals surface area contributed by atoms with Crippen molar-refractivity contribution in [1.82, 2.24) is 10.6 Å². The molecule has 2 rings (SSSR count). The molecule has 0 heterocycles. The zero-order valence-electron chi connectivity index (χ0n) is 12.2. The van der Waals surface area contributed by atoms with Crippen molar-refractivity contribution in [1.29, 1.82) is 0 Å². The molecule has 2 N–H and O–H groups in total. The number of halogens is 2. The summed E-state index contributed by atoms with van der Waals surface area (Å²) in [6.07, 6.45) is 7.01. The Morgan fingerprint density at radius 3 is 2.86 bits per heavy atom. The Morgan fingerprint density at radius 1 is 1.38 bits per heavy atom. The average Bonchev–Trinajstić information content (AvgIpc) is 2.96. The van der Waals surface area contributed by atoms with E-state index in [0.29, 0.717) is 24.6 Å². The van der Waals surface area contributed by atoms with Crippen molar-refractivity contribution in [3.8, 4) is 0 Å². The quantitative estimate of drug-likeness (QED) is 0.483. The molecule has 1 aliphatic carbocycles. The van der Waals surface area contributed by atoms with Gasteiger partial charge in [-0.2, -0.15) is 0 Å². The van der Waals surface area contributed by atoms with Crippen molar-refractivity contribution in [2.75, 3.05) is 13.1 Å². The molecular weight excluding hydrogens is 333 g/mol. The van der Waals surface area contributed by atoms with E-state index in [1.165, 1.54) is 6.07 Å². The van der Waals surface area contributed by atoms with E-state index in [4.69, 9.17) is 0 Å². The van der Waals surface area contributed by atoms with E-state index < -0.39 is 0 Å². The molecule has 0 saturated carbocycles. The molecule has 1 aromatic carbocycles. The van der Waals surface area contributed by atoms with Gasteiger partial charge in [0.15, 0.2) is 5.96 Å². The Hall–Kier alpha value is -1.36. The molecule has 0 radical (unpaired) electrons. The van der Waals surface area contributed by atoms with E-state index in [9.17, 15) is 4.39 Å². The molecule has 1 aliphatic rings. The zero-order chi connectivity index (χ0) is 15.1. The van der Waals surface area contributed by atoms with Crippen LogP contribution < -0.4 is 10.6 Å². The molecule has 0 aromatic heterocycles. The van der Waals surface area contributed by atoms with Crippen molar-refractivity contribution >= 4 is 21.9 Å². The van der Waals surface area contributed by atoms with E-state index in [2.05, 4.69) is 43.7 Å². The van der Waals surface area contributed by atoms with Crippen molar-refractivity contribution in [2.24, 2.45) is 4.99 Å². The van der Waals surface area contributed by atoms with Crippen LogP contribution in [0.4, 0.5) is 4.39 Å². The fraction of sp³-hybridized carbons (Fsp3) is 0.438. The summed E-state index contributed by atoms with van der Waals surface area (Å²) in [4.78, 5) is 4.53. The Kier molecular flexibility index (Phi) is 6.23. The molecule has 0 saturated heterocycles. The summed E-state index contributed by atoms with van der Waals surface area (Å²) >= 11 is 3.37. The van der Waals surface area contributed by atoms with Crippen LogP contribution in [-0.4, -0.2) is 25.1 Å². The maximum Gasteiger partial charge on any atom is 0.191 e. The predicted octanol–water partition coefficient (Wildman–Crippen LogP) is 3.40. The van der Waals surface area contributed by atoms with Crippen LogP contribution in [0.25, 0.3) is 0 Å². The minimum absolute atomic E-state index is 0.175. The number of aliphatic imine (C=N–C) groups is 1. The van der Waals surface area contributed by atoms with Gasteiger partial charge in [-0.05, 0) is 49.9 Å². The summed E-state index contributed by atoms with van der Waals surface area (Å²) in [6.45, 7) is 3.41. The molecule has 21 heavy (non-hydrogen) atoms. The number of nitrogens with zero attached hydrogens (tertiary/aromatic N) is 1. The number of guanidine groups is 1. The van der Waals surface area contributed by atoms with Gasteiger partial charge in [0, 0.05) is 23.6 Å². The van der Waals surface area contributed by atoms with Crippen molar-refractivity contribution in [2.45, 2.75) is 32.2 Å². The zero-order valence-corrected chi connectivity index (χ0v) is 13.8. The van der Waals surface area contributed by atoms with E-state index in [0.717, 1.165) is 29.8 Å². The van der Waals surface area contributed by atoms with Gasteiger partial charge in [0.1, 0.15) is 5.82 Å². The highest BCUT2D eigenvalue weighted by Crippen LogP contribution is 2.16. The predicted molar refractivity (Wildman–Crippen MR) is 89.1 cm³/mol.